The number of carbonyl (C=O) groups excluding carboxylic acids is 1. The molecule has 0 aliphatic carbocycles. The van der Waals surface area contributed by atoms with E-state index in [9.17, 15) is 9.59 Å². The van der Waals surface area contributed by atoms with Crippen LogP contribution in [-0.2, 0) is 14.3 Å². The lowest BCUT2D eigenvalue weighted by atomic mass is 10.0. The van der Waals surface area contributed by atoms with Crippen LogP contribution < -0.4 is 4.74 Å². The molecule has 0 radical (unpaired) electrons. The summed E-state index contributed by atoms with van der Waals surface area (Å²) in [6.07, 6.45) is 0.244. The number of esters is 1. The summed E-state index contributed by atoms with van der Waals surface area (Å²) in [7, 11) is 0. The summed E-state index contributed by atoms with van der Waals surface area (Å²) in [5.74, 6) is -1.43. The van der Waals surface area contributed by atoms with Crippen molar-refractivity contribution in [1.29, 1.82) is 5.26 Å². The van der Waals surface area contributed by atoms with E-state index in [0.717, 1.165) is 6.08 Å². The normalized spacial score (nSPS) is 12.4. The Balaban J connectivity index is 2.88. The fraction of sp³-hybridized carbons (Fsp3) is 0.188. The minimum absolute atomic E-state index is 0.318. The van der Waals surface area contributed by atoms with E-state index >= 15 is 0 Å². The zero-order valence-electron chi connectivity index (χ0n) is 12.2. The molecule has 0 amide bonds. The van der Waals surface area contributed by atoms with Gasteiger partial charge in [0.15, 0.2) is 0 Å². The Morgan fingerprint density at radius 2 is 1.95 bits per heavy atom. The third-order valence-corrected chi connectivity index (χ3v) is 2.74. The van der Waals surface area contributed by atoms with Gasteiger partial charge >= 0.3 is 11.9 Å². The molecule has 114 valence electrons. The Labute approximate surface area is 127 Å². The summed E-state index contributed by atoms with van der Waals surface area (Å²) < 4.78 is 10.2. The molecular weight excluding hydrogens is 286 g/mol. The molecule has 1 atom stereocenters. The van der Waals surface area contributed by atoms with Crippen LogP contribution in [0.15, 0.2) is 42.5 Å². The first-order chi connectivity index (χ1) is 10.4. The third-order valence-electron chi connectivity index (χ3n) is 2.74. The second-order valence-electron chi connectivity index (χ2n) is 4.27. The largest absolute Gasteiger partial charge is 0.477 e. The molecule has 1 unspecified atom stereocenters. The van der Waals surface area contributed by atoms with Crippen LogP contribution >= 0.6 is 0 Å². The average molecular weight is 301 g/mol. The third kappa shape index (κ3) is 4.49. The number of hydrogen-bond donors (Lipinski definition) is 1. The molecule has 0 saturated carbocycles. The molecule has 1 aromatic rings. The Kier molecular flexibility index (Phi) is 5.90. The summed E-state index contributed by atoms with van der Waals surface area (Å²) in [5, 5.41) is 17.8. The molecule has 22 heavy (non-hydrogen) atoms. The molecule has 0 heterocycles. The van der Waals surface area contributed by atoms with Gasteiger partial charge in [0.05, 0.1) is 0 Å². The maximum absolute atomic E-state index is 11.0. The number of nitrogens with zero attached hydrogens (tertiary/aromatic N) is 1. The van der Waals surface area contributed by atoms with Crippen LogP contribution in [0.3, 0.4) is 0 Å². The lowest BCUT2D eigenvalue weighted by Gasteiger charge is -2.14. The van der Waals surface area contributed by atoms with Gasteiger partial charge in [-0.2, -0.15) is 5.26 Å². The van der Waals surface area contributed by atoms with Crippen molar-refractivity contribution in [1.82, 2.24) is 0 Å². The minimum atomic E-state index is -1.27. The molecule has 0 spiro atoms. The van der Waals surface area contributed by atoms with E-state index in [2.05, 4.69) is 6.58 Å². The first-order valence-corrected chi connectivity index (χ1v) is 6.33. The Bertz CT molecular complexity index is 652. The fourth-order valence-electron chi connectivity index (χ4n) is 1.65. The van der Waals surface area contributed by atoms with Crippen molar-refractivity contribution in [3.8, 4) is 11.8 Å². The summed E-state index contributed by atoms with van der Waals surface area (Å²) >= 11 is 0. The van der Waals surface area contributed by atoms with E-state index in [1.165, 1.54) is 0 Å². The van der Waals surface area contributed by atoms with Crippen LogP contribution in [0.25, 0.3) is 5.57 Å². The van der Waals surface area contributed by atoms with Crippen LogP contribution in [0.1, 0.15) is 19.4 Å². The second-order valence-corrected chi connectivity index (χ2v) is 4.27. The zero-order valence-corrected chi connectivity index (χ0v) is 12.2. The number of carbonyl (C=O) groups is 2. The smallest absolute Gasteiger partial charge is 0.346 e. The monoisotopic (exact) mass is 301 g/mol. The number of carboxylic acid groups (broad SMARTS) is 1. The van der Waals surface area contributed by atoms with Gasteiger partial charge in [-0.05, 0) is 30.2 Å². The second kappa shape index (κ2) is 7.64. The molecule has 0 aromatic heterocycles. The van der Waals surface area contributed by atoms with Crippen molar-refractivity contribution in [2.75, 3.05) is 0 Å². The first kappa shape index (κ1) is 17.0. The van der Waals surface area contributed by atoms with Gasteiger partial charge in [-0.25, -0.2) is 9.59 Å². The van der Waals surface area contributed by atoms with E-state index in [4.69, 9.17) is 19.8 Å². The number of benzene rings is 1. The number of hydrogen-bond acceptors (Lipinski definition) is 5. The molecule has 0 bridgehead atoms. The van der Waals surface area contributed by atoms with Crippen molar-refractivity contribution in [2.45, 2.75) is 20.1 Å². The van der Waals surface area contributed by atoms with Gasteiger partial charge < -0.3 is 14.6 Å². The Morgan fingerprint density at radius 3 is 2.41 bits per heavy atom. The lowest BCUT2D eigenvalue weighted by molar-refractivity contribution is -0.155. The predicted molar refractivity (Wildman–Crippen MR) is 78.7 cm³/mol. The molecule has 0 aliphatic rings. The zero-order chi connectivity index (χ0) is 16.7. The number of rotatable bonds is 6. The van der Waals surface area contributed by atoms with Gasteiger partial charge in [-0.1, -0.05) is 18.7 Å². The van der Waals surface area contributed by atoms with E-state index in [0.29, 0.717) is 16.9 Å². The van der Waals surface area contributed by atoms with Crippen molar-refractivity contribution in [2.24, 2.45) is 0 Å². The molecule has 1 aromatic carbocycles. The van der Waals surface area contributed by atoms with Crippen molar-refractivity contribution >= 4 is 17.5 Å². The highest BCUT2D eigenvalue weighted by Crippen LogP contribution is 2.22. The molecule has 6 heteroatoms. The van der Waals surface area contributed by atoms with Crippen molar-refractivity contribution in [3.63, 3.8) is 0 Å². The van der Waals surface area contributed by atoms with Gasteiger partial charge in [-0.3, -0.25) is 0 Å². The topological polar surface area (TPSA) is 96.6 Å². The molecule has 0 aliphatic heterocycles. The Hall–Kier alpha value is -3.07. The SMILES string of the molecule is C=CC(=O)OC(C)Oc1ccc(/C(C)=C(/C#N)C(=O)O)cc1. The van der Waals surface area contributed by atoms with Gasteiger partial charge in [0.25, 0.3) is 0 Å². The molecule has 1 N–H and O–H groups in total. The molecule has 0 fully saturated rings. The van der Waals surface area contributed by atoms with Crippen LogP contribution in [0.2, 0.25) is 0 Å². The minimum Gasteiger partial charge on any atom is -0.477 e. The molecule has 6 nitrogen and oxygen atoms in total. The summed E-state index contributed by atoms with van der Waals surface area (Å²) in [6, 6.07) is 8.08. The van der Waals surface area contributed by atoms with Crippen LogP contribution in [0.5, 0.6) is 5.75 Å². The summed E-state index contributed by atoms with van der Waals surface area (Å²) in [5.41, 5.74) is 0.622. The highest BCUT2D eigenvalue weighted by Gasteiger charge is 2.13. The summed E-state index contributed by atoms with van der Waals surface area (Å²) in [4.78, 5) is 21.9. The number of carboxylic acids is 1. The quantitative estimate of drug-likeness (QED) is 0.375. The van der Waals surface area contributed by atoms with Gasteiger partial charge in [0, 0.05) is 13.0 Å². The maximum Gasteiger partial charge on any atom is 0.346 e. The van der Waals surface area contributed by atoms with E-state index in [1.54, 1.807) is 44.2 Å². The van der Waals surface area contributed by atoms with E-state index in [1.807, 2.05) is 0 Å². The van der Waals surface area contributed by atoms with Crippen LogP contribution in [-0.4, -0.2) is 23.3 Å². The number of ether oxygens (including phenoxy) is 2. The van der Waals surface area contributed by atoms with E-state index in [-0.39, 0.29) is 5.57 Å². The Morgan fingerprint density at radius 1 is 1.36 bits per heavy atom. The molecule has 0 saturated heterocycles. The highest BCUT2D eigenvalue weighted by molar-refractivity contribution is 6.00. The molecule has 1 rings (SSSR count). The van der Waals surface area contributed by atoms with Crippen molar-refractivity contribution < 1.29 is 24.2 Å². The number of nitriles is 1. The lowest BCUT2D eigenvalue weighted by Crippen LogP contribution is -2.19. The first-order valence-electron chi connectivity index (χ1n) is 6.33. The van der Waals surface area contributed by atoms with Crippen LogP contribution in [0, 0.1) is 11.3 Å². The standard InChI is InChI=1S/C16H15NO5/c1-4-15(18)22-11(3)21-13-7-5-12(6-8-13)10(2)14(9-17)16(19)20/h4-8,11H,1H2,2-3H3,(H,19,20)/b14-10-. The number of aliphatic carboxylic acids is 1. The van der Waals surface area contributed by atoms with E-state index < -0.39 is 18.2 Å². The van der Waals surface area contributed by atoms with Crippen LogP contribution in [0.4, 0.5) is 0 Å². The molecular formula is C16H15NO5. The van der Waals surface area contributed by atoms with Gasteiger partial charge in [0.2, 0.25) is 6.29 Å². The maximum atomic E-state index is 11.0. The van der Waals surface area contributed by atoms with Gasteiger partial charge in [0.1, 0.15) is 17.4 Å². The number of allylic oxidation sites excluding steroid dienone is 1. The van der Waals surface area contributed by atoms with Gasteiger partial charge in [-0.15, -0.1) is 0 Å². The fourth-order valence-corrected chi connectivity index (χ4v) is 1.65. The van der Waals surface area contributed by atoms with Crippen molar-refractivity contribution in [3.05, 3.63) is 48.1 Å². The highest BCUT2D eigenvalue weighted by atomic mass is 16.7. The summed E-state index contributed by atoms with van der Waals surface area (Å²) in [6.45, 7) is 6.39. The average Bonchev–Trinajstić information content (AvgIpc) is 2.47. The predicted octanol–water partition coefficient (Wildman–Crippen LogP) is 2.52.